The number of nitrogens with one attached hydrogen (secondary N) is 2. The zero-order valence-corrected chi connectivity index (χ0v) is 18.6. The molecule has 4 aromatic rings. The summed E-state index contributed by atoms with van der Waals surface area (Å²) in [6.45, 7) is 3.42. The Morgan fingerprint density at radius 1 is 0.939 bits per heavy atom. The lowest BCUT2D eigenvalue weighted by Crippen LogP contribution is -2.14. The second kappa shape index (κ2) is 9.40. The largest absolute Gasteiger partial charge is 0.495 e. The lowest BCUT2D eigenvalue weighted by Gasteiger charge is -2.12. The molecular formula is C26H24N4O3. The molecule has 2 amide bonds. The smallest absolute Gasteiger partial charge is 0.259 e. The zero-order valence-electron chi connectivity index (χ0n) is 18.6. The number of aromatic nitrogens is 2. The number of aryl methyl sites for hydroxylation is 1. The van der Waals surface area contributed by atoms with Crippen LogP contribution in [-0.2, 0) is 4.79 Å². The summed E-state index contributed by atoms with van der Waals surface area (Å²) < 4.78 is 7.09. The Kier molecular flexibility index (Phi) is 6.22. The predicted octanol–water partition coefficient (Wildman–Crippen LogP) is 5.07. The van der Waals surface area contributed by atoms with Gasteiger partial charge in [0, 0.05) is 24.4 Å². The van der Waals surface area contributed by atoms with Crippen molar-refractivity contribution in [2.75, 3.05) is 17.7 Å². The summed E-state index contributed by atoms with van der Waals surface area (Å²) in [4.78, 5) is 24.9. The SMILES string of the molecule is COc1ccc(NC(C)=O)cc1NC(=O)c1cn(-c2ccccc2)nc1-c1cccc(C)c1. The van der Waals surface area contributed by atoms with Gasteiger partial charge in [0.15, 0.2) is 0 Å². The number of hydrogen-bond donors (Lipinski definition) is 2. The van der Waals surface area contributed by atoms with E-state index in [0.717, 1.165) is 16.8 Å². The van der Waals surface area contributed by atoms with Crippen molar-refractivity contribution >= 4 is 23.2 Å². The molecule has 0 atom stereocenters. The van der Waals surface area contributed by atoms with Gasteiger partial charge in [-0.3, -0.25) is 9.59 Å². The van der Waals surface area contributed by atoms with Gasteiger partial charge in [0.05, 0.1) is 24.0 Å². The monoisotopic (exact) mass is 440 g/mol. The van der Waals surface area contributed by atoms with Crippen LogP contribution in [-0.4, -0.2) is 28.7 Å². The first kappa shape index (κ1) is 21.8. The van der Waals surface area contributed by atoms with E-state index in [2.05, 4.69) is 10.6 Å². The van der Waals surface area contributed by atoms with Crippen molar-refractivity contribution in [2.24, 2.45) is 0 Å². The van der Waals surface area contributed by atoms with Crippen molar-refractivity contribution in [2.45, 2.75) is 13.8 Å². The van der Waals surface area contributed by atoms with Gasteiger partial charge in [0.2, 0.25) is 5.91 Å². The third-order valence-electron chi connectivity index (χ3n) is 5.04. The van der Waals surface area contributed by atoms with Crippen molar-refractivity contribution in [3.63, 3.8) is 0 Å². The molecule has 3 aromatic carbocycles. The highest BCUT2D eigenvalue weighted by Gasteiger charge is 2.20. The summed E-state index contributed by atoms with van der Waals surface area (Å²) in [5.41, 5.74) is 4.73. The third kappa shape index (κ3) is 4.93. The minimum absolute atomic E-state index is 0.205. The quantitative estimate of drug-likeness (QED) is 0.439. The molecule has 166 valence electrons. The van der Waals surface area contributed by atoms with Crippen LogP contribution in [0.1, 0.15) is 22.8 Å². The van der Waals surface area contributed by atoms with E-state index in [1.807, 2.05) is 61.5 Å². The molecule has 0 unspecified atom stereocenters. The first-order valence-electron chi connectivity index (χ1n) is 10.4. The lowest BCUT2D eigenvalue weighted by molar-refractivity contribution is -0.114. The molecule has 0 aliphatic heterocycles. The Hall–Kier alpha value is -4.39. The van der Waals surface area contributed by atoms with Gasteiger partial charge in [-0.15, -0.1) is 0 Å². The number of methoxy groups -OCH3 is 1. The molecule has 0 saturated carbocycles. The number of rotatable bonds is 6. The third-order valence-corrected chi connectivity index (χ3v) is 5.04. The predicted molar refractivity (Wildman–Crippen MR) is 129 cm³/mol. The van der Waals surface area contributed by atoms with Gasteiger partial charge in [-0.25, -0.2) is 4.68 Å². The molecule has 0 spiro atoms. The van der Waals surface area contributed by atoms with Gasteiger partial charge >= 0.3 is 0 Å². The summed E-state index contributed by atoms with van der Waals surface area (Å²) in [5.74, 6) is -0.0692. The van der Waals surface area contributed by atoms with Crippen molar-refractivity contribution in [3.8, 4) is 22.7 Å². The molecular weight excluding hydrogens is 416 g/mol. The minimum atomic E-state index is -0.341. The molecule has 0 aliphatic rings. The zero-order chi connectivity index (χ0) is 23.4. The summed E-state index contributed by atoms with van der Waals surface area (Å²) >= 11 is 0. The number of nitrogens with zero attached hydrogens (tertiary/aromatic N) is 2. The van der Waals surface area contributed by atoms with E-state index >= 15 is 0 Å². The number of para-hydroxylation sites is 1. The molecule has 0 radical (unpaired) electrons. The molecule has 0 aliphatic carbocycles. The molecule has 0 fully saturated rings. The summed E-state index contributed by atoms with van der Waals surface area (Å²) in [6, 6.07) is 22.5. The normalized spacial score (nSPS) is 10.5. The second-order valence-corrected chi connectivity index (χ2v) is 7.59. The van der Waals surface area contributed by atoms with Gasteiger partial charge in [-0.2, -0.15) is 5.10 Å². The van der Waals surface area contributed by atoms with Crippen LogP contribution in [0.4, 0.5) is 11.4 Å². The van der Waals surface area contributed by atoms with Crippen molar-refractivity contribution < 1.29 is 14.3 Å². The Labute approximate surface area is 192 Å². The number of hydrogen-bond acceptors (Lipinski definition) is 4. The van der Waals surface area contributed by atoms with E-state index in [1.54, 1.807) is 29.1 Å². The van der Waals surface area contributed by atoms with E-state index in [4.69, 9.17) is 9.84 Å². The molecule has 0 saturated heterocycles. The van der Waals surface area contributed by atoms with Gasteiger partial charge in [0.25, 0.3) is 5.91 Å². The van der Waals surface area contributed by atoms with Crippen LogP contribution in [0.5, 0.6) is 5.75 Å². The molecule has 1 aromatic heterocycles. The first-order chi connectivity index (χ1) is 15.9. The topological polar surface area (TPSA) is 85.3 Å². The highest BCUT2D eigenvalue weighted by Crippen LogP contribution is 2.30. The van der Waals surface area contributed by atoms with Crippen molar-refractivity contribution in [1.29, 1.82) is 0 Å². The molecule has 7 heteroatoms. The van der Waals surface area contributed by atoms with Crippen LogP contribution >= 0.6 is 0 Å². The summed E-state index contributed by atoms with van der Waals surface area (Å²) in [7, 11) is 1.52. The van der Waals surface area contributed by atoms with Gasteiger partial charge in [-0.05, 0) is 43.3 Å². The minimum Gasteiger partial charge on any atom is -0.495 e. The van der Waals surface area contributed by atoms with E-state index < -0.39 is 0 Å². The average Bonchev–Trinajstić information content (AvgIpc) is 3.25. The lowest BCUT2D eigenvalue weighted by atomic mass is 10.1. The molecule has 4 rings (SSSR count). The molecule has 0 bridgehead atoms. The highest BCUT2D eigenvalue weighted by molar-refractivity contribution is 6.09. The number of ether oxygens (including phenoxy) is 1. The van der Waals surface area contributed by atoms with Gasteiger partial charge in [0.1, 0.15) is 11.4 Å². The fourth-order valence-electron chi connectivity index (χ4n) is 3.53. The average molecular weight is 441 g/mol. The van der Waals surface area contributed by atoms with Gasteiger partial charge < -0.3 is 15.4 Å². The standard InChI is InChI=1S/C26H24N4O3/c1-17-8-7-9-19(14-17)25-22(16-30(29-25)21-10-5-4-6-11-21)26(32)28-23-15-20(27-18(2)31)12-13-24(23)33-3/h4-16H,1-3H3,(H,27,31)(H,28,32). The Morgan fingerprint density at radius 3 is 2.42 bits per heavy atom. The van der Waals surface area contributed by atoms with Crippen molar-refractivity contribution in [1.82, 2.24) is 9.78 Å². The maximum absolute atomic E-state index is 13.4. The van der Waals surface area contributed by atoms with E-state index in [-0.39, 0.29) is 11.8 Å². The van der Waals surface area contributed by atoms with Crippen molar-refractivity contribution in [3.05, 3.63) is 90.1 Å². The van der Waals surface area contributed by atoms with Crippen LogP contribution in [0.3, 0.4) is 0 Å². The Balaban J connectivity index is 1.76. The first-order valence-corrected chi connectivity index (χ1v) is 10.4. The summed E-state index contributed by atoms with van der Waals surface area (Å²) in [5, 5.41) is 10.4. The molecule has 7 nitrogen and oxygen atoms in total. The molecule has 1 heterocycles. The number of benzene rings is 3. The Morgan fingerprint density at radius 2 is 1.73 bits per heavy atom. The highest BCUT2D eigenvalue weighted by atomic mass is 16.5. The maximum atomic E-state index is 13.4. The number of anilines is 2. The van der Waals surface area contributed by atoms with Crippen LogP contribution in [0.2, 0.25) is 0 Å². The van der Waals surface area contributed by atoms with Crippen LogP contribution in [0.25, 0.3) is 16.9 Å². The second-order valence-electron chi connectivity index (χ2n) is 7.59. The van der Waals surface area contributed by atoms with E-state index in [1.165, 1.54) is 14.0 Å². The van der Waals surface area contributed by atoms with Crippen LogP contribution in [0, 0.1) is 6.92 Å². The number of carbonyl (C=O) groups excluding carboxylic acids is 2. The fourth-order valence-corrected chi connectivity index (χ4v) is 3.53. The Bertz CT molecular complexity index is 1310. The van der Waals surface area contributed by atoms with E-state index in [0.29, 0.717) is 28.4 Å². The maximum Gasteiger partial charge on any atom is 0.259 e. The van der Waals surface area contributed by atoms with Crippen LogP contribution < -0.4 is 15.4 Å². The fraction of sp³-hybridized carbons (Fsp3) is 0.115. The molecule has 2 N–H and O–H groups in total. The number of amides is 2. The summed E-state index contributed by atoms with van der Waals surface area (Å²) in [6.07, 6.45) is 1.71. The van der Waals surface area contributed by atoms with E-state index in [9.17, 15) is 9.59 Å². The van der Waals surface area contributed by atoms with Crippen LogP contribution in [0.15, 0.2) is 79.0 Å². The number of carbonyl (C=O) groups is 2. The molecule has 33 heavy (non-hydrogen) atoms. The van der Waals surface area contributed by atoms with Gasteiger partial charge in [-0.1, -0.05) is 42.0 Å².